The van der Waals surface area contributed by atoms with Gasteiger partial charge in [-0.3, -0.25) is 0 Å². The lowest BCUT2D eigenvalue weighted by Gasteiger charge is -2.15. The fraction of sp³-hybridized carbons (Fsp3) is 0.333. The largest absolute Gasteiger partial charge is 0.461 e. The lowest BCUT2D eigenvalue weighted by molar-refractivity contribution is 0.574. The number of H-pyrrole nitrogens is 1. The van der Waals surface area contributed by atoms with Crippen LogP contribution in [-0.4, -0.2) is 9.97 Å². The van der Waals surface area contributed by atoms with E-state index in [1.165, 1.54) is 24.1 Å². The molecule has 2 heterocycles. The molecule has 82 valence electrons. The summed E-state index contributed by atoms with van der Waals surface area (Å²) in [5, 5.41) is 0. The molecule has 1 aliphatic carbocycles. The molecular formula is C12H12N2OS. The molecule has 0 aromatic carbocycles. The number of aromatic nitrogens is 2. The Bertz CT molecular complexity index is 557. The van der Waals surface area contributed by atoms with Gasteiger partial charge in [0.15, 0.2) is 11.6 Å². The summed E-state index contributed by atoms with van der Waals surface area (Å²) < 4.78 is 6.05. The van der Waals surface area contributed by atoms with E-state index < -0.39 is 0 Å². The number of furan rings is 1. The first kappa shape index (κ1) is 9.78. The third kappa shape index (κ3) is 1.59. The molecule has 0 unspecified atom stereocenters. The second-order valence-electron chi connectivity index (χ2n) is 4.03. The first-order valence-electron chi connectivity index (χ1n) is 5.50. The van der Waals surface area contributed by atoms with Crippen molar-refractivity contribution >= 4 is 12.2 Å². The highest BCUT2D eigenvalue weighted by Crippen LogP contribution is 2.23. The number of rotatable bonds is 1. The molecule has 0 radical (unpaired) electrons. The van der Waals surface area contributed by atoms with Gasteiger partial charge in [-0.2, -0.15) is 0 Å². The van der Waals surface area contributed by atoms with Gasteiger partial charge in [0.25, 0.3) is 0 Å². The topological polar surface area (TPSA) is 41.8 Å². The number of nitrogens with zero attached hydrogens (tertiary/aromatic N) is 1. The average molecular weight is 232 g/mol. The molecule has 3 nitrogen and oxygen atoms in total. The molecule has 0 fully saturated rings. The molecule has 4 heteroatoms. The highest BCUT2D eigenvalue weighted by molar-refractivity contribution is 7.71. The van der Waals surface area contributed by atoms with Gasteiger partial charge < -0.3 is 9.40 Å². The number of aromatic amines is 1. The van der Waals surface area contributed by atoms with Crippen LogP contribution in [0.25, 0.3) is 11.6 Å². The lowest BCUT2D eigenvalue weighted by atomic mass is 9.97. The molecular weight excluding hydrogens is 220 g/mol. The highest BCUT2D eigenvalue weighted by atomic mass is 32.1. The molecule has 0 saturated heterocycles. The zero-order valence-electron chi connectivity index (χ0n) is 8.82. The summed E-state index contributed by atoms with van der Waals surface area (Å²) in [6.07, 6.45) is 6.20. The fourth-order valence-electron chi connectivity index (χ4n) is 2.15. The minimum Gasteiger partial charge on any atom is -0.461 e. The van der Waals surface area contributed by atoms with Gasteiger partial charge >= 0.3 is 0 Å². The number of nitrogens with one attached hydrogen (secondary N) is 1. The standard InChI is InChI=1S/C12H12N2OS/c16-12-8-4-1-2-5-9(8)13-11(14-12)10-6-3-7-15-10/h3,6-7H,1-2,4-5H2,(H,13,14,16). The number of fused-ring (bicyclic) bond motifs is 1. The monoisotopic (exact) mass is 232 g/mol. The van der Waals surface area contributed by atoms with Crippen LogP contribution in [0.15, 0.2) is 22.8 Å². The SMILES string of the molecule is S=c1nc(-c2ccco2)[nH]c2c1CCCC2. The van der Waals surface area contributed by atoms with E-state index in [2.05, 4.69) is 9.97 Å². The fourth-order valence-corrected chi connectivity index (χ4v) is 2.47. The third-order valence-electron chi connectivity index (χ3n) is 2.96. The molecule has 1 aliphatic rings. The highest BCUT2D eigenvalue weighted by Gasteiger charge is 2.14. The van der Waals surface area contributed by atoms with Gasteiger partial charge in [0.1, 0.15) is 4.64 Å². The summed E-state index contributed by atoms with van der Waals surface area (Å²) in [7, 11) is 0. The van der Waals surface area contributed by atoms with Gasteiger partial charge in [-0.15, -0.1) is 0 Å². The number of hydrogen-bond donors (Lipinski definition) is 1. The minimum absolute atomic E-state index is 0.722. The summed E-state index contributed by atoms with van der Waals surface area (Å²) in [5.41, 5.74) is 2.45. The first-order valence-corrected chi connectivity index (χ1v) is 5.91. The van der Waals surface area contributed by atoms with Gasteiger partial charge in [-0.1, -0.05) is 12.2 Å². The average Bonchev–Trinajstić information content (AvgIpc) is 2.82. The molecule has 0 saturated carbocycles. The van der Waals surface area contributed by atoms with E-state index in [0.717, 1.165) is 29.1 Å². The van der Waals surface area contributed by atoms with Crippen molar-refractivity contribution < 1.29 is 4.42 Å². The van der Waals surface area contributed by atoms with Crippen LogP contribution in [0.3, 0.4) is 0 Å². The van der Waals surface area contributed by atoms with Crippen LogP contribution in [-0.2, 0) is 12.8 Å². The van der Waals surface area contributed by atoms with Crippen molar-refractivity contribution in [3.05, 3.63) is 34.3 Å². The summed E-state index contributed by atoms with van der Waals surface area (Å²) in [6.45, 7) is 0. The van der Waals surface area contributed by atoms with E-state index in [4.69, 9.17) is 16.6 Å². The Labute approximate surface area is 98.5 Å². The van der Waals surface area contributed by atoms with Crippen LogP contribution in [0.1, 0.15) is 24.1 Å². The Hall–Kier alpha value is -1.42. The summed E-state index contributed by atoms with van der Waals surface area (Å²) >= 11 is 5.33. The van der Waals surface area contributed by atoms with Crippen LogP contribution >= 0.6 is 12.2 Å². The molecule has 2 aromatic heterocycles. The van der Waals surface area contributed by atoms with E-state index in [-0.39, 0.29) is 0 Å². The van der Waals surface area contributed by atoms with Crippen LogP contribution in [0.5, 0.6) is 0 Å². The molecule has 16 heavy (non-hydrogen) atoms. The van der Waals surface area contributed by atoms with Crippen molar-refractivity contribution in [1.82, 2.24) is 9.97 Å². The van der Waals surface area contributed by atoms with E-state index in [1.807, 2.05) is 12.1 Å². The van der Waals surface area contributed by atoms with Crippen molar-refractivity contribution in [2.24, 2.45) is 0 Å². The molecule has 0 aliphatic heterocycles. The molecule has 3 rings (SSSR count). The second-order valence-corrected chi connectivity index (χ2v) is 4.42. The zero-order valence-corrected chi connectivity index (χ0v) is 9.64. The maximum Gasteiger partial charge on any atom is 0.175 e. The molecule has 1 N–H and O–H groups in total. The predicted octanol–water partition coefficient (Wildman–Crippen LogP) is 3.28. The van der Waals surface area contributed by atoms with Crippen molar-refractivity contribution in [1.29, 1.82) is 0 Å². The molecule has 0 amide bonds. The number of hydrogen-bond acceptors (Lipinski definition) is 3. The van der Waals surface area contributed by atoms with Gasteiger partial charge in [0.2, 0.25) is 0 Å². The van der Waals surface area contributed by atoms with Crippen molar-refractivity contribution in [3.8, 4) is 11.6 Å². The zero-order chi connectivity index (χ0) is 11.0. The van der Waals surface area contributed by atoms with Crippen LogP contribution in [0.4, 0.5) is 0 Å². The third-order valence-corrected chi connectivity index (χ3v) is 3.30. The Morgan fingerprint density at radius 1 is 1.31 bits per heavy atom. The quantitative estimate of drug-likeness (QED) is 0.767. The Kier molecular flexibility index (Phi) is 2.36. The summed E-state index contributed by atoms with van der Waals surface area (Å²) in [4.78, 5) is 7.73. The Morgan fingerprint density at radius 3 is 3.00 bits per heavy atom. The van der Waals surface area contributed by atoms with Crippen LogP contribution in [0.2, 0.25) is 0 Å². The van der Waals surface area contributed by atoms with Crippen LogP contribution < -0.4 is 0 Å². The maximum atomic E-state index is 5.33. The van der Waals surface area contributed by atoms with E-state index in [0.29, 0.717) is 0 Å². The summed E-state index contributed by atoms with van der Waals surface area (Å²) in [5.74, 6) is 1.50. The van der Waals surface area contributed by atoms with E-state index >= 15 is 0 Å². The van der Waals surface area contributed by atoms with Crippen molar-refractivity contribution in [3.63, 3.8) is 0 Å². The molecule has 0 bridgehead atoms. The van der Waals surface area contributed by atoms with Crippen LogP contribution in [0, 0.1) is 4.64 Å². The maximum absolute atomic E-state index is 5.33. The van der Waals surface area contributed by atoms with Gasteiger partial charge in [0, 0.05) is 11.3 Å². The normalized spacial score (nSPS) is 14.8. The van der Waals surface area contributed by atoms with Gasteiger partial charge in [-0.25, -0.2) is 4.98 Å². The second kappa shape index (κ2) is 3.87. The number of aryl methyl sites for hydroxylation is 1. The minimum atomic E-state index is 0.722. The Morgan fingerprint density at radius 2 is 2.19 bits per heavy atom. The van der Waals surface area contributed by atoms with E-state index in [9.17, 15) is 0 Å². The molecule has 0 atom stereocenters. The van der Waals surface area contributed by atoms with Crippen molar-refractivity contribution in [2.45, 2.75) is 25.7 Å². The first-order chi connectivity index (χ1) is 7.84. The smallest absolute Gasteiger partial charge is 0.175 e. The van der Waals surface area contributed by atoms with Crippen molar-refractivity contribution in [2.75, 3.05) is 0 Å². The molecule has 2 aromatic rings. The predicted molar refractivity (Wildman–Crippen MR) is 63.8 cm³/mol. The van der Waals surface area contributed by atoms with Gasteiger partial charge in [0.05, 0.1) is 6.26 Å². The molecule has 0 spiro atoms. The lowest BCUT2D eigenvalue weighted by Crippen LogP contribution is -2.08. The Balaban J connectivity index is 2.16. The van der Waals surface area contributed by atoms with E-state index in [1.54, 1.807) is 6.26 Å². The van der Waals surface area contributed by atoms with Gasteiger partial charge in [-0.05, 0) is 37.8 Å². The summed E-state index contributed by atoms with van der Waals surface area (Å²) in [6, 6.07) is 3.75.